The van der Waals surface area contributed by atoms with Crippen molar-refractivity contribution in [1.29, 1.82) is 0 Å². The van der Waals surface area contributed by atoms with Gasteiger partial charge in [0.15, 0.2) is 5.96 Å². The molecule has 0 aliphatic rings. The summed E-state index contributed by atoms with van der Waals surface area (Å²) in [6, 6.07) is 7.26. The van der Waals surface area contributed by atoms with Crippen molar-refractivity contribution in [3.05, 3.63) is 59.6 Å². The molecule has 0 aliphatic heterocycles. The number of aliphatic imine (C=N–C) groups is 1. The third-order valence-corrected chi connectivity index (χ3v) is 4.27. The molecule has 1 aromatic carbocycles. The van der Waals surface area contributed by atoms with Gasteiger partial charge in [-0.15, -0.1) is 24.0 Å². The monoisotopic (exact) mass is 492 g/mol. The zero-order valence-corrected chi connectivity index (χ0v) is 18.2. The van der Waals surface area contributed by atoms with Crippen molar-refractivity contribution in [2.75, 3.05) is 26.7 Å². The number of furan rings is 1. The number of nitrogens with zero attached hydrogens (tertiary/aromatic N) is 2. The smallest absolute Gasteiger partial charge is 0.191 e. The molecular weight excluding hydrogens is 465 g/mol. The van der Waals surface area contributed by atoms with Gasteiger partial charge in [0, 0.05) is 25.7 Å². The van der Waals surface area contributed by atoms with Crippen molar-refractivity contribution in [1.82, 2.24) is 15.5 Å². The molecule has 5 nitrogen and oxygen atoms in total. The fraction of sp³-hybridized carbons (Fsp3) is 0.421. The first-order valence-corrected chi connectivity index (χ1v) is 8.74. The first kappa shape index (κ1) is 23.4. The van der Waals surface area contributed by atoms with Crippen molar-refractivity contribution >= 4 is 29.9 Å². The van der Waals surface area contributed by atoms with Gasteiger partial charge in [-0.1, -0.05) is 13.8 Å². The molecule has 0 fully saturated rings. The van der Waals surface area contributed by atoms with Gasteiger partial charge in [-0.25, -0.2) is 8.78 Å². The topological polar surface area (TPSA) is 52.8 Å². The minimum absolute atomic E-state index is 0. The number of likely N-dealkylation sites (N-methyl/N-ethyl adjacent to an activating group) is 1. The van der Waals surface area contributed by atoms with Gasteiger partial charge in [-0.3, -0.25) is 9.89 Å². The number of rotatable bonds is 8. The summed E-state index contributed by atoms with van der Waals surface area (Å²) in [4.78, 5) is 6.42. The van der Waals surface area contributed by atoms with Gasteiger partial charge in [0.1, 0.15) is 17.4 Å². The van der Waals surface area contributed by atoms with Crippen LogP contribution in [-0.2, 0) is 6.54 Å². The van der Waals surface area contributed by atoms with E-state index in [1.54, 1.807) is 13.3 Å². The molecule has 2 N–H and O–H groups in total. The average Bonchev–Trinajstić information content (AvgIpc) is 3.18. The first-order valence-electron chi connectivity index (χ1n) is 8.74. The van der Waals surface area contributed by atoms with Crippen LogP contribution >= 0.6 is 24.0 Å². The molecule has 2 aromatic rings. The quantitative estimate of drug-likeness (QED) is 0.333. The predicted octanol–water partition coefficient (Wildman–Crippen LogP) is 3.92. The lowest BCUT2D eigenvalue weighted by atomic mass is 10.2. The number of benzene rings is 1. The molecule has 1 aromatic heterocycles. The Morgan fingerprint density at radius 2 is 1.93 bits per heavy atom. The maximum atomic E-state index is 13.7. The number of hydrogen-bond donors (Lipinski definition) is 2. The summed E-state index contributed by atoms with van der Waals surface area (Å²) in [6.45, 7) is 6.66. The second-order valence-corrected chi connectivity index (χ2v) is 5.79. The van der Waals surface area contributed by atoms with E-state index in [0.29, 0.717) is 12.5 Å². The van der Waals surface area contributed by atoms with Crippen molar-refractivity contribution in [2.45, 2.75) is 26.4 Å². The fourth-order valence-electron chi connectivity index (χ4n) is 2.83. The second-order valence-electron chi connectivity index (χ2n) is 5.79. The minimum Gasteiger partial charge on any atom is -0.468 e. The van der Waals surface area contributed by atoms with E-state index in [1.165, 1.54) is 6.07 Å². The summed E-state index contributed by atoms with van der Waals surface area (Å²) in [6.07, 6.45) is 1.66. The molecule has 0 spiro atoms. The zero-order chi connectivity index (χ0) is 18.9. The Balaban J connectivity index is 0.00000364. The van der Waals surface area contributed by atoms with Crippen LogP contribution in [-0.4, -0.2) is 37.5 Å². The van der Waals surface area contributed by atoms with Gasteiger partial charge in [-0.05, 0) is 43.4 Å². The molecule has 0 saturated heterocycles. The minimum atomic E-state index is -0.467. The standard InChI is InChI=1S/C19H26F2N4O.HI/c1-4-25(5-2)17(18-7-6-10-26-18)13-24-19(22-3)23-12-14-11-15(20)8-9-16(14)21;/h6-11,17H,4-5,12-13H2,1-3H3,(H2,22,23,24);1H. The maximum Gasteiger partial charge on any atom is 0.191 e. The second kappa shape index (κ2) is 11.9. The lowest BCUT2D eigenvalue weighted by Gasteiger charge is -2.28. The largest absolute Gasteiger partial charge is 0.468 e. The Morgan fingerprint density at radius 1 is 1.19 bits per heavy atom. The summed E-state index contributed by atoms with van der Waals surface area (Å²) in [5.41, 5.74) is 0.249. The number of guanidine groups is 1. The van der Waals surface area contributed by atoms with Crippen molar-refractivity contribution < 1.29 is 13.2 Å². The van der Waals surface area contributed by atoms with E-state index < -0.39 is 11.6 Å². The summed E-state index contributed by atoms with van der Waals surface area (Å²) in [5, 5.41) is 6.24. The van der Waals surface area contributed by atoms with Crippen LogP contribution < -0.4 is 10.6 Å². The third-order valence-electron chi connectivity index (χ3n) is 4.27. The molecule has 150 valence electrons. The predicted molar refractivity (Wildman–Crippen MR) is 114 cm³/mol. The van der Waals surface area contributed by atoms with Crippen molar-refractivity contribution in [3.63, 3.8) is 0 Å². The third kappa shape index (κ3) is 6.76. The number of hydrogen-bond acceptors (Lipinski definition) is 3. The molecule has 0 radical (unpaired) electrons. The Bertz CT molecular complexity index is 706. The van der Waals surface area contributed by atoms with Crippen molar-refractivity contribution in [2.24, 2.45) is 4.99 Å². The van der Waals surface area contributed by atoms with E-state index in [4.69, 9.17) is 4.42 Å². The molecule has 1 heterocycles. The van der Waals surface area contributed by atoms with E-state index in [0.717, 1.165) is 31.0 Å². The Kier molecular flexibility index (Phi) is 10.3. The van der Waals surface area contributed by atoms with Crippen molar-refractivity contribution in [3.8, 4) is 0 Å². The molecule has 8 heteroatoms. The van der Waals surface area contributed by atoms with Gasteiger partial charge >= 0.3 is 0 Å². The Hall–Kier alpha value is -1.68. The van der Waals surface area contributed by atoms with E-state index >= 15 is 0 Å². The molecule has 0 bridgehead atoms. The maximum absolute atomic E-state index is 13.7. The van der Waals surface area contributed by atoms with E-state index in [1.807, 2.05) is 12.1 Å². The van der Waals surface area contributed by atoms with Gasteiger partial charge < -0.3 is 15.1 Å². The van der Waals surface area contributed by atoms with E-state index in [-0.39, 0.29) is 42.1 Å². The van der Waals surface area contributed by atoms with Crippen LogP contribution in [0.15, 0.2) is 46.0 Å². The highest BCUT2D eigenvalue weighted by molar-refractivity contribution is 14.0. The Labute approximate surface area is 176 Å². The first-order chi connectivity index (χ1) is 12.6. The van der Waals surface area contributed by atoms with Crippen LogP contribution in [0.5, 0.6) is 0 Å². The van der Waals surface area contributed by atoms with E-state index in [9.17, 15) is 8.78 Å². The molecule has 0 saturated carbocycles. The summed E-state index contributed by atoms with van der Waals surface area (Å²) in [7, 11) is 1.64. The SMILES string of the molecule is CCN(CC)C(CNC(=NC)NCc1cc(F)ccc1F)c1ccco1.I. The highest BCUT2D eigenvalue weighted by Crippen LogP contribution is 2.20. The molecule has 1 atom stereocenters. The summed E-state index contributed by atoms with van der Waals surface area (Å²) < 4.78 is 32.6. The molecule has 27 heavy (non-hydrogen) atoms. The molecule has 2 rings (SSSR count). The van der Waals surface area contributed by atoms with Gasteiger partial charge in [-0.2, -0.15) is 0 Å². The normalized spacial score (nSPS) is 12.6. The fourth-order valence-corrected chi connectivity index (χ4v) is 2.83. The van der Waals surface area contributed by atoms with Crippen LogP contribution in [0, 0.1) is 11.6 Å². The van der Waals surface area contributed by atoms with Gasteiger partial charge in [0.2, 0.25) is 0 Å². The zero-order valence-electron chi connectivity index (χ0n) is 15.8. The summed E-state index contributed by atoms with van der Waals surface area (Å²) in [5.74, 6) is 0.460. The molecule has 1 unspecified atom stereocenters. The van der Waals surface area contributed by atoms with Crippen LogP contribution in [0.1, 0.15) is 31.2 Å². The highest BCUT2D eigenvalue weighted by atomic mass is 127. The lowest BCUT2D eigenvalue weighted by Crippen LogP contribution is -2.43. The molecule has 0 amide bonds. The lowest BCUT2D eigenvalue weighted by molar-refractivity contribution is 0.193. The van der Waals surface area contributed by atoms with Gasteiger partial charge in [0.25, 0.3) is 0 Å². The van der Waals surface area contributed by atoms with Gasteiger partial charge in [0.05, 0.1) is 12.3 Å². The number of nitrogens with one attached hydrogen (secondary N) is 2. The van der Waals surface area contributed by atoms with Crippen LogP contribution in [0.2, 0.25) is 0 Å². The average molecular weight is 492 g/mol. The van der Waals surface area contributed by atoms with E-state index in [2.05, 4.69) is 34.4 Å². The molecular formula is C19H27F2IN4O. The molecule has 0 aliphatic carbocycles. The van der Waals surface area contributed by atoms with Crippen LogP contribution in [0.4, 0.5) is 8.78 Å². The Morgan fingerprint density at radius 3 is 2.52 bits per heavy atom. The van der Waals surface area contributed by atoms with Crippen LogP contribution in [0.3, 0.4) is 0 Å². The number of halogens is 3. The summed E-state index contributed by atoms with van der Waals surface area (Å²) >= 11 is 0. The highest BCUT2D eigenvalue weighted by Gasteiger charge is 2.20. The van der Waals surface area contributed by atoms with Crippen LogP contribution in [0.25, 0.3) is 0 Å².